The molecule has 2 heterocycles. The molecule has 5 N–H and O–H groups in total. The van der Waals surface area contributed by atoms with E-state index in [-0.39, 0.29) is 35.1 Å². The molecule has 1 atom stereocenters. The van der Waals surface area contributed by atoms with Gasteiger partial charge in [-0.25, -0.2) is 8.78 Å². The zero-order chi connectivity index (χ0) is 29.1. The van der Waals surface area contributed by atoms with Gasteiger partial charge in [0.15, 0.2) is 11.6 Å². The molecule has 13 heteroatoms. The fourth-order valence-corrected chi connectivity index (χ4v) is 5.15. The average Bonchev–Trinajstić information content (AvgIpc) is 3.37. The van der Waals surface area contributed by atoms with E-state index in [9.17, 15) is 36.6 Å². The second-order valence-corrected chi connectivity index (χ2v) is 10.3. The minimum absolute atomic E-state index is 0. The summed E-state index contributed by atoms with van der Waals surface area (Å²) in [7, 11) is 0. The summed E-state index contributed by atoms with van der Waals surface area (Å²) in [6, 6.07) is 6.42. The fourth-order valence-electron chi connectivity index (χ4n) is 5.15. The summed E-state index contributed by atoms with van der Waals surface area (Å²) >= 11 is 0. The van der Waals surface area contributed by atoms with Crippen molar-refractivity contribution in [1.29, 1.82) is 0 Å². The van der Waals surface area contributed by atoms with Crippen molar-refractivity contribution in [2.75, 3.05) is 25.0 Å². The van der Waals surface area contributed by atoms with Crippen LogP contribution in [0.2, 0.25) is 0 Å². The summed E-state index contributed by atoms with van der Waals surface area (Å²) in [6.07, 6.45) is -2.45. The summed E-state index contributed by atoms with van der Waals surface area (Å²) in [6.45, 7) is 2.83. The number of anilines is 1. The molecule has 2 saturated heterocycles. The summed E-state index contributed by atoms with van der Waals surface area (Å²) in [5, 5.41) is 22.3. The molecular formula is C28H32ClF5N4O3. The van der Waals surface area contributed by atoms with Gasteiger partial charge >= 0.3 is 6.18 Å². The molecule has 7 nitrogen and oxygen atoms in total. The number of benzene rings is 2. The molecule has 2 aliphatic heterocycles. The average molecular weight is 603 g/mol. The first kappa shape index (κ1) is 32.3. The number of amides is 2. The van der Waals surface area contributed by atoms with Crippen LogP contribution in [0.1, 0.15) is 55.2 Å². The maximum atomic E-state index is 14.1. The SMILES string of the molecule is C[C@]1(/C(O)=C(\C(=O)NCc2cccc(F)c2F)C(=O)Nc2ccc(C(F)(F)F)cc2C2CCNCC2)CCCN1.Cl. The van der Waals surface area contributed by atoms with Gasteiger partial charge < -0.3 is 26.4 Å². The fraction of sp³-hybridized carbons (Fsp3) is 0.429. The maximum Gasteiger partial charge on any atom is 0.416 e. The first-order valence-electron chi connectivity index (χ1n) is 13.0. The van der Waals surface area contributed by atoms with E-state index in [1.165, 1.54) is 12.1 Å². The highest BCUT2D eigenvalue weighted by Gasteiger charge is 2.39. The van der Waals surface area contributed by atoms with E-state index in [1.807, 2.05) is 0 Å². The number of hydrogen-bond acceptors (Lipinski definition) is 5. The third-order valence-electron chi connectivity index (χ3n) is 7.46. The lowest BCUT2D eigenvalue weighted by Crippen LogP contribution is -2.43. The first-order chi connectivity index (χ1) is 18.9. The summed E-state index contributed by atoms with van der Waals surface area (Å²) < 4.78 is 68.3. The molecule has 2 aromatic rings. The van der Waals surface area contributed by atoms with Crippen LogP contribution in [0.5, 0.6) is 0 Å². The lowest BCUT2D eigenvalue weighted by Gasteiger charge is -2.27. The molecule has 0 aromatic heterocycles. The van der Waals surface area contributed by atoms with Crippen LogP contribution in [0.25, 0.3) is 0 Å². The van der Waals surface area contributed by atoms with Gasteiger partial charge in [-0.2, -0.15) is 13.2 Å². The number of carbonyl (C=O) groups is 2. The zero-order valence-electron chi connectivity index (χ0n) is 22.3. The Bertz CT molecular complexity index is 1310. The molecule has 224 valence electrons. The highest BCUT2D eigenvalue weighted by molar-refractivity contribution is 6.23. The second-order valence-electron chi connectivity index (χ2n) is 10.3. The molecule has 2 fully saturated rings. The van der Waals surface area contributed by atoms with Crippen molar-refractivity contribution in [1.82, 2.24) is 16.0 Å². The van der Waals surface area contributed by atoms with Gasteiger partial charge in [-0.3, -0.25) is 9.59 Å². The number of nitrogens with one attached hydrogen (secondary N) is 4. The van der Waals surface area contributed by atoms with Crippen LogP contribution >= 0.6 is 12.4 Å². The maximum absolute atomic E-state index is 14.1. The molecule has 41 heavy (non-hydrogen) atoms. The smallest absolute Gasteiger partial charge is 0.416 e. The Kier molecular flexibility index (Phi) is 10.4. The molecule has 0 unspecified atom stereocenters. The molecular weight excluding hydrogens is 571 g/mol. The lowest BCUT2D eigenvalue weighted by molar-refractivity contribution is -0.137. The van der Waals surface area contributed by atoms with E-state index >= 15 is 0 Å². The van der Waals surface area contributed by atoms with Gasteiger partial charge in [-0.15, -0.1) is 12.4 Å². The van der Waals surface area contributed by atoms with Crippen LogP contribution < -0.4 is 21.3 Å². The van der Waals surface area contributed by atoms with Crippen molar-refractivity contribution < 1.29 is 36.6 Å². The number of aliphatic hydroxyl groups is 1. The number of rotatable bonds is 7. The van der Waals surface area contributed by atoms with Crippen LogP contribution in [-0.2, 0) is 22.3 Å². The Morgan fingerprint density at radius 3 is 2.41 bits per heavy atom. The summed E-state index contributed by atoms with van der Waals surface area (Å²) in [4.78, 5) is 26.8. The van der Waals surface area contributed by atoms with Gasteiger partial charge in [0.1, 0.15) is 11.3 Å². The number of hydrogen-bond donors (Lipinski definition) is 5. The normalized spacial score (nSPS) is 20.1. The van der Waals surface area contributed by atoms with Gasteiger partial charge in [0, 0.05) is 17.8 Å². The Morgan fingerprint density at radius 1 is 1.07 bits per heavy atom. The second kappa shape index (κ2) is 13.2. The van der Waals surface area contributed by atoms with Crippen LogP contribution in [0.4, 0.5) is 27.6 Å². The minimum atomic E-state index is -4.59. The number of aliphatic hydroxyl groups excluding tert-OH is 1. The van der Waals surface area contributed by atoms with E-state index in [4.69, 9.17) is 0 Å². The van der Waals surface area contributed by atoms with Crippen molar-refractivity contribution in [3.8, 4) is 0 Å². The largest absolute Gasteiger partial charge is 0.509 e. The van der Waals surface area contributed by atoms with Crippen LogP contribution in [-0.4, -0.2) is 42.1 Å². The minimum Gasteiger partial charge on any atom is -0.509 e. The number of piperidine rings is 1. The third-order valence-corrected chi connectivity index (χ3v) is 7.46. The topological polar surface area (TPSA) is 102 Å². The molecule has 0 radical (unpaired) electrons. The molecule has 2 aromatic carbocycles. The number of carbonyl (C=O) groups excluding carboxylic acids is 2. The lowest BCUT2D eigenvalue weighted by atomic mass is 9.87. The molecule has 0 bridgehead atoms. The Hall–Kier alpha value is -3.22. The highest BCUT2D eigenvalue weighted by Crippen LogP contribution is 2.37. The van der Waals surface area contributed by atoms with E-state index in [0.29, 0.717) is 45.3 Å². The molecule has 2 aliphatic rings. The third kappa shape index (κ3) is 7.35. The van der Waals surface area contributed by atoms with Crippen molar-refractivity contribution in [2.45, 2.75) is 56.8 Å². The quantitative estimate of drug-likeness (QED) is 0.100. The van der Waals surface area contributed by atoms with Crippen molar-refractivity contribution in [2.24, 2.45) is 0 Å². The van der Waals surface area contributed by atoms with Crippen LogP contribution in [0.15, 0.2) is 47.7 Å². The van der Waals surface area contributed by atoms with Crippen molar-refractivity contribution >= 4 is 29.9 Å². The molecule has 0 saturated carbocycles. The highest BCUT2D eigenvalue weighted by atomic mass is 35.5. The summed E-state index contributed by atoms with van der Waals surface area (Å²) in [5.41, 5.74) is -2.47. The van der Waals surface area contributed by atoms with Crippen LogP contribution in [0, 0.1) is 11.6 Å². The van der Waals surface area contributed by atoms with Crippen LogP contribution in [0.3, 0.4) is 0 Å². The van der Waals surface area contributed by atoms with Gasteiger partial charge in [-0.1, -0.05) is 12.1 Å². The molecule has 0 spiro atoms. The molecule has 2 amide bonds. The van der Waals surface area contributed by atoms with E-state index in [1.54, 1.807) is 6.92 Å². The van der Waals surface area contributed by atoms with Crippen molar-refractivity contribution in [3.63, 3.8) is 0 Å². The zero-order valence-corrected chi connectivity index (χ0v) is 23.1. The monoisotopic (exact) mass is 602 g/mol. The van der Waals surface area contributed by atoms with Gasteiger partial charge in [-0.05, 0) is 88.0 Å². The predicted molar refractivity (Wildman–Crippen MR) is 146 cm³/mol. The first-order valence-corrected chi connectivity index (χ1v) is 13.0. The number of halogens is 6. The molecule has 4 rings (SSSR count). The Morgan fingerprint density at radius 2 is 1.78 bits per heavy atom. The predicted octanol–water partition coefficient (Wildman–Crippen LogP) is 5.08. The van der Waals surface area contributed by atoms with E-state index < -0.39 is 58.6 Å². The molecule has 0 aliphatic carbocycles. The number of alkyl halides is 3. The van der Waals surface area contributed by atoms with Crippen molar-refractivity contribution in [3.05, 3.63) is 76.1 Å². The van der Waals surface area contributed by atoms with Gasteiger partial charge in [0.05, 0.1) is 11.1 Å². The Labute approximate surface area is 240 Å². The Balaban J connectivity index is 0.00000462. The standard InChI is InChI=1S/C28H31F5N4O3.ClH/c1-27(10-3-11-36-27)24(38)22(25(39)35-15-17-4-2-5-20(29)23(17)30)26(40)37-21-7-6-18(28(31,32)33)14-19(21)16-8-12-34-13-9-16;/h2,4-7,14,16,34,36,38H,3,8-13,15H2,1H3,(H,35,39)(H,37,40);1H/b24-22-;/t27-;/m1./s1. The van der Waals surface area contributed by atoms with E-state index in [2.05, 4.69) is 21.3 Å². The van der Waals surface area contributed by atoms with Gasteiger partial charge in [0.2, 0.25) is 0 Å². The summed E-state index contributed by atoms with van der Waals surface area (Å²) in [5.74, 6) is -5.21. The van der Waals surface area contributed by atoms with E-state index in [0.717, 1.165) is 24.3 Å². The van der Waals surface area contributed by atoms with Gasteiger partial charge in [0.25, 0.3) is 11.8 Å².